The molecule has 5 nitrogen and oxygen atoms in total. The molecule has 19 heavy (non-hydrogen) atoms. The molecule has 0 aromatic heterocycles. The molecule has 0 aliphatic heterocycles. The lowest BCUT2D eigenvalue weighted by Gasteiger charge is -2.31. The van der Waals surface area contributed by atoms with E-state index >= 15 is 0 Å². The van der Waals surface area contributed by atoms with Crippen molar-refractivity contribution >= 4 is 6.03 Å². The van der Waals surface area contributed by atoms with E-state index in [0.29, 0.717) is 5.92 Å². The van der Waals surface area contributed by atoms with E-state index in [1.54, 1.807) is 7.11 Å². The molecule has 1 fully saturated rings. The van der Waals surface area contributed by atoms with Crippen LogP contribution in [0.2, 0.25) is 0 Å². The quantitative estimate of drug-likeness (QED) is 0.688. The molecule has 112 valence electrons. The third-order valence-corrected chi connectivity index (χ3v) is 3.63. The number of aliphatic hydroxyl groups is 1. The summed E-state index contributed by atoms with van der Waals surface area (Å²) in [5.74, 6) is 0.443. The van der Waals surface area contributed by atoms with Crippen molar-refractivity contribution in [2.75, 3.05) is 13.7 Å². The Bertz CT molecular complexity index is 271. The van der Waals surface area contributed by atoms with Gasteiger partial charge in [0.1, 0.15) is 0 Å². The minimum Gasteiger partial charge on any atom is -0.394 e. The highest BCUT2D eigenvalue weighted by atomic mass is 16.5. The second kappa shape index (κ2) is 8.38. The Morgan fingerprint density at radius 1 is 1.37 bits per heavy atom. The van der Waals surface area contributed by atoms with Crippen molar-refractivity contribution in [1.29, 1.82) is 0 Å². The molecule has 3 atom stereocenters. The molecule has 3 unspecified atom stereocenters. The Kier molecular flexibility index (Phi) is 7.16. The molecule has 1 rings (SSSR count). The zero-order chi connectivity index (χ0) is 14.3. The Hall–Kier alpha value is -0.810. The van der Waals surface area contributed by atoms with Gasteiger partial charge in [-0.2, -0.15) is 0 Å². The van der Waals surface area contributed by atoms with E-state index in [4.69, 9.17) is 4.74 Å². The molecule has 1 saturated carbocycles. The van der Waals surface area contributed by atoms with Gasteiger partial charge in [0.2, 0.25) is 0 Å². The van der Waals surface area contributed by atoms with Gasteiger partial charge in [-0.1, -0.05) is 26.7 Å². The molecule has 1 aliphatic carbocycles. The van der Waals surface area contributed by atoms with Gasteiger partial charge < -0.3 is 20.5 Å². The summed E-state index contributed by atoms with van der Waals surface area (Å²) in [6.07, 6.45) is 5.13. The van der Waals surface area contributed by atoms with Crippen molar-refractivity contribution in [1.82, 2.24) is 10.6 Å². The second-order valence-electron chi connectivity index (χ2n) is 5.79. The number of hydrogen-bond donors (Lipinski definition) is 3. The third-order valence-electron chi connectivity index (χ3n) is 3.63. The van der Waals surface area contributed by atoms with Gasteiger partial charge in [-0.3, -0.25) is 0 Å². The standard InChI is InChI=1S/C14H28N2O3/c1-10(2)8-11(9-17)15-14(18)16-12-6-4-5-7-13(12)19-3/h10-13,17H,4-9H2,1-3H3,(H2,15,16,18). The molecule has 3 N–H and O–H groups in total. The summed E-state index contributed by atoms with van der Waals surface area (Å²) in [7, 11) is 1.69. The van der Waals surface area contributed by atoms with Crippen LogP contribution in [0.3, 0.4) is 0 Å². The van der Waals surface area contributed by atoms with E-state index in [1.165, 1.54) is 0 Å². The van der Waals surface area contributed by atoms with Crippen LogP contribution in [0, 0.1) is 5.92 Å². The van der Waals surface area contributed by atoms with Crippen LogP contribution in [-0.2, 0) is 4.74 Å². The maximum absolute atomic E-state index is 11.9. The van der Waals surface area contributed by atoms with Gasteiger partial charge in [-0.25, -0.2) is 4.79 Å². The second-order valence-corrected chi connectivity index (χ2v) is 5.79. The fourth-order valence-corrected chi connectivity index (χ4v) is 2.69. The van der Waals surface area contributed by atoms with Gasteiger partial charge >= 0.3 is 6.03 Å². The van der Waals surface area contributed by atoms with E-state index < -0.39 is 0 Å². The molecule has 0 saturated heterocycles. The summed E-state index contributed by atoms with van der Waals surface area (Å²) in [5.41, 5.74) is 0. The lowest BCUT2D eigenvalue weighted by molar-refractivity contribution is 0.0449. The van der Waals surface area contributed by atoms with Crippen molar-refractivity contribution in [2.24, 2.45) is 5.92 Å². The number of carbonyl (C=O) groups excluding carboxylic acids is 1. The number of hydrogen-bond acceptors (Lipinski definition) is 3. The first-order valence-corrected chi connectivity index (χ1v) is 7.27. The van der Waals surface area contributed by atoms with Crippen molar-refractivity contribution in [2.45, 2.75) is 64.1 Å². The summed E-state index contributed by atoms with van der Waals surface area (Å²) >= 11 is 0. The average molecular weight is 272 g/mol. The molecule has 0 aromatic rings. The maximum Gasteiger partial charge on any atom is 0.315 e. The number of urea groups is 1. The first-order valence-electron chi connectivity index (χ1n) is 7.27. The zero-order valence-electron chi connectivity index (χ0n) is 12.3. The molecule has 2 amide bonds. The van der Waals surface area contributed by atoms with Crippen molar-refractivity contribution in [3.63, 3.8) is 0 Å². The molecule has 0 heterocycles. The fourth-order valence-electron chi connectivity index (χ4n) is 2.69. The topological polar surface area (TPSA) is 70.6 Å². The minimum atomic E-state index is -0.200. The van der Waals surface area contributed by atoms with Gasteiger partial charge in [0, 0.05) is 7.11 Å². The van der Waals surface area contributed by atoms with Crippen LogP contribution >= 0.6 is 0 Å². The highest BCUT2D eigenvalue weighted by Gasteiger charge is 2.26. The number of carbonyl (C=O) groups is 1. The summed E-state index contributed by atoms with van der Waals surface area (Å²) in [6.45, 7) is 4.12. The smallest absolute Gasteiger partial charge is 0.315 e. The SMILES string of the molecule is COC1CCCCC1NC(=O)NC(CO)CC(C)C. The Morgan fingerprint density at radius 3 is 2.63 bits per heavy atom. The monoisotopic (exact) mass is 272 g/mol. The lowest BCUT2D eigenvalue weighted by atomic mass is 9.92. The van der Waals surface area contributed by atoms with Gasteiger partial charge in [-0.05, 0) is 25.2 Å². The van der Waals surface area contributed by atoms with Crippen LogP contribution < -0.4 is 10.6 Å². The van der Waals surface area contributed by atoms with Crippen LogP contribution in [0.25, 0.3) is 0 Å². The average Bonchev–Trinajstić information content (AvgIpc) is 2.38. The molecular formula is C14H28N2O3. The van der Waals surface area contributed by atoms with E-state index in [-0.39, 0.29) is 30.8 Å². The molecule has 0 spiro atoms. The molecule has 1 aliphatic rings. The fraction of sp³-hybridized carbons (Fsp3) is 0.929. The van der Waals surface area contributed by atoms with Gasteiger partial charge in [0.15, 0.2) is 0 Å². The normalized spacial score (nSPS) is 25.1. The summed E-state index contributed by atoms with van der Waals surface area (Å²) in [5, 5.41) is 15.1. The highest BCUT2D eigenvalue weighted by Crippen LogP contribution is 2.20. The largest absolute Gasteiger partial charge is 0.394 e. The van der Waals surface area contributed by atoms with Crippen LogP contribution in [0.1, 0.15) is 46.0 Å². The van der Waals surface area contributed by atoms with Crippen molar-refractivity contribution < 1.29 is 14.6 Å². The van der Waals surface area contributed by atoms with Crippen LogP contribution in [0.15, 0.2) is 0 Å². The predicted octanol–water partition coefficient (Wildman–Crippen LogP) is 1.65. The van der Waals surface area contributed by atoms with Crippen molar-refractivity contribution in [3.8, 4) is 0 Å². The number of nitrogens with one attached hydrogen (secondary N) is 2. The molecule has 0 radical (unpaired) electrons. The first kappa shape index (κ1) is 16.2. The summed E-state index contributed by atoms with van der Waals surface area (Å²) in [6, 6.07) is -0.296. The number of methoxy groups -OCH3 is 1. The lowest BCUT2D eigenvalue weighted by Crippen LogP contribution is -2.52. The molecule has 0 aromatic carbocycles. The Morgan fingerprint density at radius 2 is 2.05 bits per heavy atom. The van der Waals surface area contributed by atoms with Crippen LogP contribution in [-0.4, -0.2) is 43.0 Å². The highest BCUT2D eigenvalue weighted by molar-refractivity contribution is 5.74. The molecular weight excluding hydrogens is 244 g/mol. The van der Waals surface area contributed by atoms with E-state index in [1.807, 2.05) is 0 Å². The van der Waals surface area contributed by atoms with Gasteiger partial charge in [-0.15, -0.1) is 0 Å². The first-order chi connectivity index (χ1) is 9.06. The summed E-state index contributed by atoms with van der Waals surface area (Å²) < 4.78 is 5.41. The number of amides is 2. The van der Waals surface area contributed by atoms with Crippen LogP contribution in [0.5, 0.6) is 0 Å². The Labute approximate surface area is 116 Å². The number of aliphatic hydroxyl groups excluding tert-OH is 1. The molecule has 0 bridgehead atoms. The van der Waals surface area contributed by atoms with Gasteiger partial charge in [0.25, 0.3) is 0 Å². The third kappa shape index (κ3) is 5.78. The van der Waals surface area contributed by atoms with Gasteiger partial charge in [0.05, 0.1) is 24.8 Å². The summed E-state index contributed by atoms with van der Waals surface area (Å²) in [4.78, 5) is 11.9. The Balaban J connectivity index is 2.40. The molecule has 5 heteroatoms. The van der Waals surface area contributed by atoms with E-state index in [2.05, 4.69) is 24.5 Å². The predicted molar refractivity (Wildman–Crippen MR) is 75.0 cm³/mol. The van der Waals surface area contributed by atoms with Crippen molar-refractivity contribution in [3.05, 3.63) is 0 Å². The van der Waals surface area contributed by atoms with E-state index in [9.17, 15) is 9.90 Å². The van der Waals surface area contributed by atoms with E-state index in [0.717, 1.165) is 32.1 Å². The minimum absolute atomic E-state index is 0.0238. The zero-order valence-corrected chi connectivity index (χ0v) is 12.3. The maximum atomic E-state index is 11.9. The van der Waals surface area contributed by atoms with Crippen LogP contribution in [0.4, 0.5) is 4.79 Å². The number of ether oxygens (including phenoxy) is 1. The number of rotatable bonds is 6.